The number of anilines is 1. The smallest absolute Gasteiger partial charge is 0.239 e. The Morgan fingerprint density at radius 1 is 1.05 bits per heavy atom. The highest BCUT2D eigenvalue weighted by Gasteiger charge is 2.48. The summed E-state index contributed by atoms with van der Waals surface area (Å²) in [6.45, 7) is 1.73. The Labute approximate surface area is 232 Å². The molecule has 0 unspecified atom stereocenters. The number of aromatic nitrogens is 1. The van der Waals surface area contributed by atoms with Gasteiger partial charge in [0, 0.05) is 18.6 Å². The fourth-order valence-corrected chi connectivity index (χ4v) is 6.70. The molecule has 2 amide bonds. The molecular formula is C30H43N5O2S. The minimum absolute atomic E-state index is 0.0558. The van der Waals surface area contributed by atoms with Crippen molar-refractivity contribution >= 4 is 29.9 Å². The first-order valence-electron chi connectivity index (χ1n) is 13.7. The van der Waals surface area contributed by atoms with E-state index in [4.69, 9.17) is 0 Å². The number of carbonyl (C=O) groups is 2. The summed E-state index contributed by atoms with van der Waals surface area (Å²) in [6.07, 6.45) is 10.4. The van der Waals surface area contributed by atoms with Gasteiger partial charge in [-0.2, -0.15) is 0 Å². The molecule has 0 radical (unpaired) electrons. The first-order valence-corrected chi connectivity index (χ1v) is 15.0. The van der Waals surface area contributed by atoms with Crippen molar-refractivity contribution in [1.82, 2.24) is 19.7 Å². The van der Waals surface area contributed by atoms with E-state index in [-0.39, 0.29) is 23.5 Å². The first kappa shape index (κ1) is 28.6. The zero-order chi connectivity index (χ0) is 27.2. The van der Waals surface area contributed by atoms with Crippen LogP contribution in [0.5, 0.6) is 0 Å². The zero-order valence-electron chi connectivity index (χ0n) is 23.4. The Morgan fingerprint density at radius 3 is 2.34 bits per heavy atom. The van der Waals surface area contributed by atoms with Crippen LogP contribution in [-0.2, 0) is 15.1 Å². The van der Waals surface area contributed by atoms with Gasteiger partial charge in [-0.25, -0.2) is 4.98 Å². The van der Waals surface area contributed by atoms with Crippen molar-refractivity contribution in [3.05, 3.63) is 54.1 Å². The minimum Gasteiger partial charge on any atom is -0.338 e. The second-order valence-electron chi connectivity index (χ2n) is 11.4. The number of hydrogen-bond donors (Lipinski definition) is 1. The van der Waals surface area contributed by atoms with Crippen molar-refractivity contribution in [2.45, 2.75) is 61.0 Å². The lowest BCUT2D eigenvalue weighted by molar-refractivity contribution is -0.130. The van der Waals surface area contributed by atoms with Gasteiger partial charge in [-0.15, -0.1) is 11.8 Å². The molecule has 1 aromatic carbocycles. The number of thioether (sulfide) groups is 1. The molecule has 1 heterocycles. The maximum atomic E-state index is 12.9. The molecule has 1 N–H and O–H groups in total. The van der Waals surface area contributed by atoms with Crippen LogP contribution in [-0.4, -0.2) is 84.6 Å². The van der Waals surface area contributed by atoms with E-state index >= 15 is 0 Å². The van der Waals surface area contributed by atoms with Gasteiger partial charge in [0.15, 0.2) is 0 Å². The van der Waals surface area contributed by atoms with Crippen molar-refractivity contribution in [3.8, 4) is 0 Å². The minimum atomic E-state index is -0.294. The van der Waals surface area contributed by atoms with Gasteiger partial charge in [0.05, 0.1) is 17.1 Å². The van der Waals surface area contributed by atoms with Gasteiger partial charge in [0.1, 0.15) is 5.82 Å². The number of nitrogens with one attached hydrogen (secondary N) is 1. The Kier molecular flexibility index (Phi) is 9.50. The third-order valence-corrected chi connectivity index (χ3v) is 9.41. The van der Waals surface area contributed by atoms with Crippen LogP contribution in [0.1, 0.15) is 50.5 Å². The molecule has 206 valence electrons. The summed E-state index contributed by atoms with van der Waals surface area (Å²) in [7, 11) is 6.33. The summed E-state index contributed by atoms with van der Waals surface area (Å²) in [4.78, 5) is 36.5. The summed E-state index contributed by atoms with van der Waals surface area (Å²) < 4.78 is 0. The van der Waals surface area contributed by atoms with Crippen LogP contribution in [0.25, 0.3) is 0 Å². The molecule has 2 aromatic rings. The lowest BCUT2D eigenvalue weighted by atomic mass is 9.67. The average Bonchev–Trinajstić information content (AvgIpc) is 2.89. The number of benzene rings is 1. The van der Waals surface area contributed by atoms with E-state index in [0.717, 1.165) is 43.7 Å². The van der Waals surface area contributed by atoms with E-state index < -0.39 is 0 Å². The van der Waals surface area contributed by atoms with Crippen molar-refractivity contribution in [2.24, 2.45) is 5.92 Å². The largest absolute Gasteiger partial charge is 0.338 e. The van der Waals surface area contributed by atoms with Crippen molar-refractivity contribution in [1.29, 1.82) is 0 Å². The van der Waals surface area contributed by atoms with Gasteiger partial charge >= 0.3 is 0 Å². The molecule has 4 rings (SSSR count). The van der Waals surface area contributed by atoms with Crippen LogP contribution in [0.2, 0.25) is 0 Å². The Morgan fingerprint density at radius 2 is 1.76 bits per heavy atom. The monoisotopic (exact) mass is 537 g/mol. The molecule has 7 nitrogen and oxygen atoms in total. The van der Waals surface area contributed by atoms with Gasteiger partial charge < -0.3 is 10.2 Å². The molecule has 2 aliphatic rings. The maximum absolute atomic E-state index is 12.9. The highest BCUT2D eigenvalue weighted by Crippen LogP contribution is 2.47. The van der Waals surface area contributed by atoms with Crippen molar-refractivity contribution in [2.75, 3.05) is 52.3 Å². The molecule has 1 aromatic heterocycles. The maximum Gasteiger partial charge on any atom is 0.239 e. The van der Waals surface area contributed by atoms with Crippen LogP contribution >= 0.6 is 11.8 Å². The lowest BCUT2D eigenvalue weighted by Crippen LogP contribution is -2.61. The van der Waals surface area contributed by atoms with E-state index in [2.05, 4.69) is 69.4 Å². The number of carbonyl (C=O) groups excluding carboxylic acids is 2. The normalized spacial score (nSPS) is 23.7. The molecule has 0 aliphatic heterocycles. The van der Waals surface area contributed by atoms with Crippen LogP contribution in [0.4, 0.5) is 5.82 Å². The molecular weight excluding hydrogens is 494 g/mol. The summed E-state index contributed by atoms with van der Waals surface area (Å²) in [6, 6.07) is 16.4. The molecule has 0 bridgehead atoms. The molecule has 0 spiro atoms. The number of pyridine rings is 1. The van der Waals surface area contributed by atoms with Gasteiger partial charge in [-0.3, -0.25) is 19.4 Å². The topological polar surface area (TPSA) is 68.8 Å². The second kappa shape index (κ2) is 12.6. The molecule has 2 fully saturated rings. The summed E-state index contributed by atoms with van der Waals surface area (Å²) in [5.41, 5.74) is 0.986. The molecule has 0 atom stereocenters. The van der Waals surface area contributed by atoms with E-state index in [9.17, 15) is 9.59 Å². The quantitative estimate of drug-likeness (QED) is 0.313. The fraction of sp³-hybridized carbons (Fsp3) is 0.567. The number of nitrogens with zero attached hydrogens (tertiary/aromatic N) is 4. The fourth-order valence-electron chi connectivity index (χ4n) is 6.29. The third kappa shape index (κ3) is 6.41. The lowest BCUT2D eigenvalue weighted by Gasteiger charge is -2.54. The van der Waals surface area contributed by atoms with Gasteiger partial charge in [0.25, 0.3) is 0 Å². The van der Waals surface area contributed by atoms with Crippen LogP contribution in [0, 0.1) is 5.92 Å². The molecule has 38 heavy (non-hydrogen) atoms. The number of rotatable bonds is 12. The second-order valence-corrected chi connectivity index (χ2v) is 12.2. The third-order valence-electron chi connectivity index (χ3n) is 8.77. The Balaban J connectivity index is 1.50. The molecule has 2 saturated carbocycles. The predicted octanol–water partition coefficient (Wildman–Crippen LogP) is 4.70. The SMILES string of the molecule is CSc1cccc(NC(=O)CN(C)CC2(N(C=O)CC3CCC3)CCC(c3ccccc3)(N(C)C)CC2)n1. The highest BCUT2D eigenvalue weighted by atomic mass is 32.2. The van der Waals surface area contributed by atoms with E-state index in [1.165, 1.54) is 24.8 Å². The van der Waals surface area contributed by atoms with Crippen LogP contribution < -0.4 is 5.32 Å². The molecule has 2 aliphatic carbocycles. The van der Waals surface area contributed by atoms with Crippen LogP contribution in [0.15, 0.2) is 53.6 Å². The Bertz CT molecular complexity index is 1070. The van der Waals surface area contributed by atoms with E-state index in [1.807, 2.05) is 31.5 Å². The van der Waals surface area contributed by atoms with Crippen molar-refractivity contribution in [3.63, 3.8) is 0 Å². The van der Waals surface area contributed by atoms with Gasteiger partial charge in [-0.1, -0.05) is 42.8 Å². The standard InChI is InChI=1S/C30H43N5O2S/c1-33(2)30(25-12-6-5-7-13-25)18-16-29(17-19-30,35(23-36)20-24-10-8-11-24)22-34(3)21-27(37)31-26-14-9-15-28(32-26)38-4/h5-7,9,12-15,23-24H,8,10-11,16-22H2,1-4H3,(H,31,32,37). The van der Waals surface area contributed by atoms with E-state index in [0.29, 0.717) is 18.3 Å². The summed E-state index contributed by atoms with van der Waals surface area (Å²) >= 11 is 1.55. The number of likely N-dealkylation sites (N-methyl/N-ethyl adjacent to an activating group) is 1. The molecule has 8 heteroatoms. The Hall–Kier alpha value is -2.42. The van der Waals surface area contributed by atoms with Crippen molar-refractivity contribution < 1.29 is 9.59 Å². The number of amides is 2. The summed E-state index contributed by atoms with van der Waals surface area (Å²) in [5, 5.41) is 3.82. The van der Waals surface area contributed by atoms with Crippen LogP contribution in [0.3, 0.4) is 0 Å². The first-order chi connectivity index (χ1) is 18.3. The van der Waals surface area contributed by atoms with Gasteiger partial charge in [-0.05, 0) is 89.5 Å². The molecule has 0 saturated heterocycles. The average molecular weight is 538 g/mol. The number of hydrogen-bond acceptors (Lipinski definition) is 6. The summed E-state index contributed by atoms with van der Waals surface area (Å²) in [5.74, 6) is 1.07. The zero-order valence-corrected chi connectivity index (χ0v) is 24.2. The highest BCUT2D eigenvalue weighted by molar-refractivity contribution is 7.98. The van der Waals surface area contributed by atoms with E-state index in [1.54, 1.807) is 11.8 Å². The predicted molar refractivity (Wildman–Crippen MR) is 155 cm³/mol. The van der Waals surface area contributed by atoms with Gasteiger partial charge in [0.2, 0.25) is 12.3 Å².